The van der Waals surface area contributed by atoms with Crippen molar-refractivity contribution in [3.8, 4) is 0 Å². The first-order chi connectivity index (χ1) is 5.31. The van der Waals surface area contributed by atoms with Gasteiger partial charge in [-0.15, -0.1) is 0 Å². The quantitative estimate of drug-likeness (QED) is 0.312. The number of hydrogen-bond donors (Lipinski definition) is 0. The van der Waals surface area contributed by atoms with Crippen LogP contribution >= 0.6 is 0 Å². The second-order valence-corrected chi connectivity index (χ2v) is 2.32. The van der Waals surface area contributed by atoms with Crippen molar-refractivity contribution in [1.82, 2.24) is 0 Å². The van der Waals surface area contributed by atoms with Gasteiger partial charge in [0.1, 0.15) is 18.4 Å². The maximum absolute atomic E-state index is 10.7. The summed E-state index contributed by atoms with van der Waals surface area (Å²) in [4.78, 5) is 30.3. The lowest BCUT2D eigenvalue weighted by atomic mass is 10.1. The van der Waals surface area contributed by atoms with E-state index in [9.17, 15) is 14.4 Å². The van der Waals surface area contributed by atoms with E-state index >= 15 is 0 Å². The second kappa shape index (κ2) is 7.12. The molecule has 0 radical (unpaired) electrons. The van der Waals surface area contributed by atoms with Crippen LogP contribution in [0.2, 0.25) is 0 Å². The minimum Gasteiger partial charge on any atom is -0.303 e. The SMILES string of the molecule is O=CCCCCC(=O)CC=O. The minimum atomic E-state index is -0.0362. The van der Waals surface area contributed by atoms with E-state index in [0.29, 0.717) is 25.5 Å². The Kier molecular flexibility index (Phi) is 6.48. The summed E-state index contributed by atoms with van der Waals surface area (Å²) in [6.45, 7) is 0. The standard InChI is InChI=1S/C8H12O3/c9-6-3-1-2-4-8(11)5-7-10/h6-7H,1-5H2. The average Bonchev–Trinajstić information content (AvgIpc) is 1.99. The van der Waals surface area contributed by atoms with Gasteiger partial charge in [0.2, 0.25) is 0 Å². The summed E-state index contributed by atoms with van der Waals surface area (Å²) in [6.07, 6.45) is 3.85. The van der Waals surface area contributed by atoms with Crippen molar-refractivity contribution in [2.24, 2.45) is 0 Å². The maximum atomic E-state index is 10.7. The van der Waals surface area contributed by atoms with Crippen molar-refractivity contribution in [2.75, 3.05) is 0 Å². The van der Waals surface area contributed by atoms with Crippen molar-refractivity contribution >= 4 is 18.4 Å². The number of carbonyl (C=O) groups is 3. The lowest BCUT2D eigenvalue weighted by Gasteiger charge is -1.93. The predicted molar refractivity (Wildman–Crippen MR) is 40.2 cm³/mol. The fourth-order valence-corrected chi connectivity index (χ4v) is 0.745. The zero-order valence-electron chi connectivity index (χ0n) is 6.41. The van der Waals surface area contributed by atoms with E-state index in [4.69, 9.17) is 0 Å². The van der Waals surface area contributed by atoms with Crippen LogP contribution in [0.1, 0.15) is 32.1 Å². The number of Topliss-reactive ketones (excluding diaryl/α,β-unsaturated/α-hetero) is 1. The molecule has 0 bridgehead atoms. The summed E-state index contributed by atoms with van der Waals surface area (Å²) in [7, 11) is 0. The highest BCUT2D eigenvalue weighted by Crippen LogP contribution is 1.99. The highest BCUT2D eigenvalue weighted by Gasteiger charge is 1.98. The van der Waals surface area contributed by atoms with E-state index in [1.54, 1.807) is 0 Å². The maximum Gasteiger partial charge on any atom is 0.139 e. The van der Waals surface area contributed by atoms with Crippen molar-refractivity contribution in [3.05, 3.63) is 0 Å². The van der Waals surface area contributed by atoms with Gasteiger partial charge >= 0.3 is 0 Å². The summed E-state index contributed by atoms with van der Waals surface area (Å²) >= 11 is 0. The van der Waals surface area contributed by atoms with Gasteiger partial charge in [0.15, 0.2) is 0 Å². The molecule has 0 amide bonds. The van der Waals surface area contributed by atoms with E-state index in [2.05, 4.69) is 0 Å². The van der Waals surface area contributed by atoms with Crippen LogP contribution in [-0.2, 0) is 14.4 Å². The molecule has 0 aromatic carbocycles. The van der Waals surface area contributed by atoms with Gasteiger partial charge in [0, 0.05) is 12.8 Å². The molecular weight excluding hydrogens is 144 g/mol. The van der Waals surface area contributed by atoms with Gasteiger partial charge in [-0.1, -0.05) is 0 Å². The number of carbonyl (C=O) groups excluding carboxylic acids is 3. The first-order valence-electron chi connectivity index (χ1n) is 3.70. The van der Waals surface area contributed by atoms with Crippen LogP contribution in [0.3, 0.4) is 0 Å². The van der Waals surface area contributed by atoms with Gasteiger partial charge in [-0.05, 0) is 12.8 Å². The van der Waals surface area contributed by atoms with Crippen LogP contribution < -0.4 is 0 Å². The highest BCUT2D eigenvalue weighted by atomic mass is 16.1. The topological polar surface area (TPSA) is 51.2 Å². The molecule has 0 aromatic rings. The van der Waals surface area contributed by atoms with E-state index in [0.717, 1.165) is 12.7 Å². The first kappa shape index (κ1) is 10.0. The van der Waals surface area contributed by atoms with Gasteiger partial charge in [-0.25, -0.2) is 0 Å². The molecule has 0 aliphatic heterocycles. The molecule has 0 atom stereocenters. The van der Waals surface area contributed by atoms with Crippen LogP contribution in [0.25, 0.3) is 0 Å². The molecule has 11 heavy (non-hydrogen) atoms. The van der Waals surface area contributed by atoms with Crippen LogP contribution in [0.4, 0.5) is 0 Å². The normalized spacial score (nSPS) is 9.09. The number of hydrogen-bond acceptors (Lipinski definition) is 3. The van der Waals surface area contributed by atoms with Crippen molar-refractivity contribution in [3.63, 3.8) is 0 Å². The van der Waals surface area contributed by atoms with Gasteiger partial charge in [0.25, 0.3) is 0 Å². The molecule has 3 heteroatoms. The summed E-state index contributed by atoms with van der Waals surface area (Å²) in [5.41, 5.74) is 0. The van der Waals surface area contributed by atoms with Crippen molar-refractivity contribution in [2.45, 2.75) is 32.1 Å². The fraction of sp³-hybridized carbons (Fsp3) is 0.625. The smallest absolute Gasteiger partial charge is 0.139 e. The Bertz CT molecular complexity index is 140. The minimum absolute atomic E-state index is 0.0150. The van der Waals surface area contributed by atoms with Crippen LogP contribution in [0.5, 0.6) is 0 Å². The van der Waals surface area contributed by atoms with E-state index in [1.165, 1.54) is 0 Å². The molecular formula is C8H12O3. The molecule has 0 saturated carbocycles. The van der Waals surface area contributed by atoms with E-state index < -0.39 is 0 Å². The third kappa shape index (κ3) is 6.90. The number of rotatable bonds is 7. The molecule has 0 aliphatic rings. The summed E-state index contributed by atoms with van der Waals surface area (Å²) in [5, 5.41) is 0. The van der Waals surface area contributed by atoms with Crippen LogP contribution in [0, 0.1) is 0 Å². The van der Waals surface area contributed by atoms with Gasteiger partial charge in [-0.2, -0.15) is 0 Å². The molecule has 0 N–H and O–H groups in total. The van der Waals surface area contributed by atoms with Crippen molar-refractivity contribution in [1.29, 1.82) is 0 Å². The Morgan fingerprint density at radius 3 is 2.36 bits per heavy atom. The highest BCUT2D eigenvalue weighted by molar-refractivity contribution is 5.89. The Hall–Kier alpha value is -0.990. The molecule has 0 rings (SSSR count). The molecule has 3 nitrogen and oxygen atoms in total. The van der Waals surface area contributed by atoms with Crippen LogP contribution in [0.15, 0.2) is 0 Å². The largest absolute Gasteiger partial charge is 0.303 e. The number of aldehydes is 2. The Morgan fingerprint density at radius 1 is 1.09 bits per heavy atom. The lowest BCUT2D eigenvalue weighted by Crippen LogP contribution is -1.97. The van der Waals surface area contributed by atoms with Gasteiger partial charge in [0.05, 0.1) is 6.42 Å². The van der Waals surface area contributed by atoms with E-state index in [1.807, 2.05) is 0 Å². The molecule has 0 unspecified atom stereocenters. The Labute approximate surface area is 65.8 Å². The third-order valence-corrected chi connectivity index (χ3v) is 1.34. The molecule has 0 aliphatic carbocycles. The number of unbranched alkanes of at least 4 members (excludes halogenated alkanes) is 2. The predicted octanol–water partition coefficient (Wildman–Crippen LogP) is 0.904. The summed E-state index contributed by atoms with van der Waals surface area (Å²) < 4.78 is 0. The second-order valence-electron chi connectivity index (χ2n) is 2.32. The Morgan fingerprint density at radius 2 is 1.82 bits per heavy atom. The molecule has 0 fully saturated rings. The molecule has 0 saturated heterocycles. The van der Waals surface area contributed by atoms with Gasteiger partial charge in [-0.3, -0.25) is 4.79 Å². The molecule has 0 spiro atoms. The van der Waals surface area contributed by atoms with Gasteiger partial charge < -0.3 is 9.59 Å². The van der Waals surface area contributed by atoms with Crippen molar-refractivity contribution < 1.29 is 14.4 Å². The number of ketones is 1. The Balaban J connectivity index is 3.16. The molecule has 0 aromatic heterocycles. The summed E-state index contributed by atoms with van der Waals surface area (Å²) in [6, 6.07) is 0. The lowest BCUT2D eigenvalue weighted by molar-refractivity contribution is -0.122. The van der Waals surface area contributed by atoms with Crippen LogP contribution in [-0.4, -0.2) is 18.4 Å². The molecule has 0 heterocycles. The average molecular weight is 156 g/mol. The first-order valence-corrected chi connectivity index (χ1v) is 3.70. The third-order valence-electron chi connectivity index (χ3n) is 1.34. The monoisotopic (exact) mass is 156 g/mol. The fourth-order valence-electron chi connectivity index (χ4n) is 0.745. The molecule has 62 valence electrons. The zero-order chi connectivity index (χ0) is 8.53. The summed E-state index contributed by atoms with van der Waals surface area (Å²) in [5.74, 6) is -0.0362. The van der Waals surface area contributed by atoms with E-state index in [-0.39, 0.29) is 12.2 Å². The zero-order valence-corrected chi connectivity index (χ0v) is 6.41.